The van der Waals surface area contributed by atoms with E-state index < -0.39 is 0 Å². The molecule has 0 aliphatic rings. The van der Waals surface area contributed by atoms with Crippen molar-refractivity contribution in [3.05, 3.63) is 199 Å². The molecule has 0 aliphatic heterocycles. The second kappa shape index (κ2) is 14.5. The lowest BCUT2D eigenvalue weighted by Gasteiger charge is -2.15. The van der Waals surface area contributed by atoms with Crippen molar-refractivity contribution in [1.29, 1.82) is 0 Å². The molecule has 0 atom stereocenters. The van der Waals surface area contributed by atoms with Crippen LogP contribution in [-0.4, -0.2) is 24.9 Å². The highest BCUT2D eigenvalue weighted by atomic mass is 15.0. The summed E-state index contributed by atoms with van der Waals surface area (Å²) in [6.07, 6.45) is 1.95. The first-order chi connectivity index (χ1) is 29.5. The number of hydrogen-bond acceptors (Lipinski definition) is 5. The average molecular weight is 768 g/mol. The van der Waals surface area contributed by atoms with Crippen LogP contribution in [0.25, 0.3) is 111 Å². The third kappa shape index (κ3) is 6.43. The lowest BCUT2D eigenvalue weighted by molar-refractivity contribution is 1.08. The molecule has 0 unspecified atom stereocenters. The highest BCUT2D eigenvalue weighted by Gasteiger charge is 2.18. The summed E-state index contributed by atoms with van der Waals surface area (Å²) >= 11 is 0. The zero-order valence-electron chi connectivity index (χ0n) is 33.1. The number of pyridine rings is 2. The molecule has 5 heteroatoms. The van der Waals surface area contributed by atoms with Crippen molar-refractivity contribution in [2.24, 2.45) is 0 Å². The van der Waals surface area contributed by atoms with Crippen molar-refractivity contribution in [3.8, 4) is 67.8 Å². The van der Waals surface area contributed by atoms with Crippen molar-refractivity contribution < 1.29 is 0 Å². The topological polar surface area (TPSA) is 64.5 Å². The van der Waals surface area contributed by atoms with Crippen LogP contribution in [0.5, 0.6) is 0 Å². The van der Waals surface area contributed by atoms with Crippen LogP contribution in [0.1, 0.15) is 11.3 Å². The van der Waals surface area contributed by atoms with E-state index in [1.807, 2.05) is 31.3 Å². The fraction of sp³-hybridized carbons (Fsp3) is 0.0364. The minimum absolute atomic E-state index is 0.585. The van der Waals surface area contributed by atoms with Gasteiger partial charge in [0.1, 0.15) is 0 Å². The molecule has 5 nitrogen and oxygen atoms in total. The van der Waals surface area contributed by atoms with Gasteiger partial charge in [-0.05, 0) is 128 Å². The zero-order valence-corrected chi connectivity index (χ0v) is 33.1. The van der Waals surface area contributed by atoms with E-state index in [1.165, 1.54) is 21.5 Å². The number of hydrogen-bond donors (Lipinski definition) is 0. The second-order valence-electron chi connectivity index (χ2n) is 15.5. The first kappa shape index (κ1) is 35.3. The van der Waals surface area contributed by atoms with Crippen LogP contribution in [0.4, 0.5) is 0 Å². The minimum Gasteiger partial charge on any atom is -0.256 e. The summed E-state index contributed by atoms with van der Waals surface area (Å²) in [4.78, 5) is 25.6. The Kier molecular flexibility index (Phi) is 8.52. The third-order valence-electron chi connectivity index (χ3n) is 11.5. The summed E-state index contributed by atoms with van der Waals surface area (Å²) in [7, 11) is 0. The van der Waals surface area contributed by atoms with Gasteiger partial charge < -0.3 is 0 Å². The predicted molar refractivity (Wildman–Crippen MR) is 248 cm³/mol. The molecular weight excluding hydrogens is 731 g/mol. The third-order valence-corrected chi connectivity index (χ3v) is 11.5. The van der Waals surface area contributed by atoms with Gasteiger partial charge in [-0.15, -0.1) is 0 Å². The predicted octanol–water partition coefficient (Wildman–Crippen LogP) is 13.9. The molecular formula is C55H37N5. The largest absolute Gasteiger partial charge is 0.256 e. The standard InChI is InChI=1S/C55H37N5/c1-34-26-52(56-33-50(34)51-21-11-12-35(2)57-51)44-29-43(49-32-40-17-7-8-18-46(40)47-19-9-10-20-48(47)49)30-45(31-44)55-59-53(41-24-22-36-13-3-5-15-38(36)27-41)58-54(60-55)42-25-23-37-14-4-6-16-39(37)28-42/h3-33H,1-2H3. The van der Waals surface area contributed by atoms with Crippen LogP contribution >= 0.6 is 0 Å². The Labute approximate surface area is 347 Å². The summed E-state index contributed by atoms with van der Waals surface area (Å²) in [5.41, 5.74) is 10.7. The first-order valence-corrected chi connectivity index (χ1v) is 20.2. The smallest absolute Gasteiger partial charge is 0.164 e. The number of aromatic nitrogens is 5. The van der Waals surface area contributed by atoms with Gasteiger partial charge in [-0.25, -0.2) is 15.0 Å². The normalized spacial score (nSPS) is 11.5. The summed E-state index contributed by atoms with van der Waals surface area (Å²) in [6, 6.07) is 64.1. The van der Waals surface area contributed by atoms with E-state index in [0.29, 0.717) is 17.5 Å². The van der Waals surface area contributed by atoms with E-state index in [1.54, 1.807) is 0 Å². The minimum atomic E-state index is 0.585. The van der Waals surface area contributed by atoms with E-state index in [2.05, 4.69) is 171 Å². The molecule has 11 aromatic rings. The second-order valence-corrected chi connectivity index (χ2v) is 15.5. The first-order valence-electron chi connectivity index (χ1n) is 20.2. The Morgan fingerprint density at radius 1 is 0.317 bits per heavy atom. The number of rotatable bonds is 6. The van der Waals surface area contributed by atoms with Crippen LogP contribution in [0.15, 0.2) is 188 Å². The zero-order chi connectivity index (χ0) is 40.2. The molecule has 0 saturated heterocycles. The maximum absolute atomic E-state index is 5.28. The van der Waals surface area contributed by atoms with Crippen molar-refractivity contribution in [3.63, 3.8) is 0 Å². The molecule has 8 aromatic carbocycles. The number of aryl methyl sites for hydroxylation is 2. The summed E-state index contributed by atoms with van der Waals surface area (Å²) in [6.45, 7) is 4.14. The average Bonchev–Trinajstić information content (AvgIpc) is 3.30. The molecule has 3 aromatic heterocycles. The Hall–Kier alpha value is -7.89. The molecule has 282 valence electrons. The lowest BCUT2D eigenvalue weighted by atomic mass is 9.91. The molecule has 0 spiro atoms. The molecule has 0 radical (unpaired) electrons. The monoisotopic (exact) mass is 767 g/mol. The summed E-state index contributed by atoms with van der Waals surface area (Å²) in [5.74, 6) is 1.81. The van der Waals surface area contributed by atoms with Crippen LogP contribution in [0.2, 0.25) is 0 Å². The molecule has 0 aliphatic carbocycles. The molecule has 11 rings (SSSR count). The van der Waals surface area contributed by atoms with Crippen molar-refractivity contribution in [1.82, 2.24) is 24.9 Å². The summed E-state index contributed by atoms with van der Waals surface area (Å²) in [5, 5.41) is 9.37. The van der Waals surface area contributed by atoms with Gasteiger partial charge in [0.15, 0.2) is 17.5 Å². The van der Waals surface area contributed by atoms with Gasteiger partial charge in [-0.3, -0.25) is 9.97 Å². The van der Waals surface area contributed by atoms with Crippen molar-refractivity contribution in [2.75, 3.05) is 0 Å². The maximum Gasteiger partial charge on any atom is 0.164 e. The van der Waals surface area contributed by atoms with E-state index in [9.17, 15) is 0 Å². The van der Waals surface area contributed by atoms with E-state index in [0.717, 1.165) is 83.1 Å². The quantitative estimate of drug-likeness (QED) is 0.158. The summed E-state index contributed by atoms with van der Waals surface area (Å²) < 4.78 is 0. The molecule has 0 bridgehead atoms. The Morgan fingerprint density at radius 2 is 0.867 bits per heavy atom. The van der Waals surface area contributed by atoms with Gasteiger partial charge >= 0.3 is 0 Å². The number of fused-ring (bicyclic) bond motifs is 5. The molecule has 0 saturated carbocycles. The molecule has 0 fully saturated rings. The van der Waals surface area contributed by atoms with Gasteiger partial charge in [-0.1, -0.05) is 127 Å². The van der Waals surface area contributed by atoms with Gasteiger partial charge in [0.25, 0.3) is 0 Å². The fourth-order valence-electron chi connectivity index (χ4n) is 8.45. The highest BCUT2D eigenvalue weighted by Crippen LogP contribution is 2.39. The van der Waals surface area contributed by atoms with Crippen LogP contribution < -0.4 is 0 Å². The fourth-order valence-corrected chi connectivity index (χ4v) is 8.45. The van der Waals surface area contributed by atoms with Gasteiger partial charge in [-0.2, -0.15) is 0 Å². The highest BCUT2D eigenvalue weighted by molar-refractivity contribution is 6.14. The lowest BCUT2D eigenvalue weighted by Crippen LogP contribution is -2.01. The van der Waals surface area contributed by atoms with Crippen LogP contribution in [0, 0.1) is 13.8 Å². The van der Waals surface area contributed by atoms with Crippen LogP contribution in [0.3, 0.4) is 0 Å². The Balaban J connectivity index is 1.16. The Morgan fingerprint density at radius 3 is 1.52 bits per heavy atom. The van der Waals surface area contributed by atoms with Crippen LogP contribution in [-0.2, 0) is 0 Å². The molecule has 0 N–H and O–H groups in total. The molecule has 3 heterocycles. The van der Waals surface area contributed by atoms with Crippen molar-refractivity contribution >= 4 is 43.1 Å². The van der Waals surface area contributed by atoms with E-state index in [4.69, 9.17) is 24.9 Å². The number of nitrogens with zero attached hydrogens (tertiary/aromatic N) is 5. The van der Waals surface area contributed by atoms with Gasteiger partial charge in [0, 0.05) is 39.7 Å². The van der Waals surface area contributed by atoms with Crippen molar-refractivity contribution in [2.45, 2.75) is 13.8 Å². The molecule has 60 heavy (non-hydrogen) atoms. The number of benzene rings is 8. The Bertz CT molecular complexity index is 3380. The van der Waals surface area contributed by atoms with Gasteiger partial charge in [0.05, 0.1) is 11.4 Å². The van der Waals surface area contributed by atoms with E-state index >= 15 is 0 Å². The van der Waals surface area contributed by atoms with Gasteiger partial charge in [0.2, 0.25) is 0 Å². The maximum atomic E-state index is 5.28. The molecule has 0 amide bonds. The van der Waals surface area contributed by atoms with E-state index in [-0.39, 0.29) is 0 Å². The SMILES string of the molecule is Cc1cccc(-c2cnc(-c3cc(-c4nc(-c5ccc6ccccc6c5)nc(-c5ccc6ccccc6c5)n4)cc(-c4cc5ccccc5c5ccccc45)c3)cc2C)n1.